The van der Waals surface area contributed by atoms with Crippen molar-refractivity contribution in [2.45, 2.75) is 31.7 Å². The molecule has 3 nitrogen and oxygen atoms in total. The Balaban J connectivity index is 2.72. The van der Waals surface area contributed by atoms with Crippen molar-refractivity contribution in [1.29, 1.82) is 0 Å². The fraction of sp³-hybridized carbons (Fsp3) is 0.500. The summed E-state index contributed by atoms with van der Waals surface area (Å²) in [5.74, 6) is 0.890. The van der Waals surface area contributed by atoms with Crippen LogP contribution in [0.4, 0.5) is 0 Å². The molecule has 1 aromatic heterocycles. The van der Waals surface area contributed by atoms with E-state index in [0.717, 1.165) is 16.9 Å². The lowest BCUT2D eigenvalue weighted by Crippen LogP contribution is -2.33. The average Bonchev–Trinajstić information content (AvgIpc) is 2.67. The number of methoxy groups -OCH3 is 1. The molecule has 104 valence electrons. The molecule has 0 aliphatic carbocycles. The van der Waals surface area contributed by atoms with E-state index in [2.05, 4.69) is 59.2 Å². The summed E-state index contributed by atoms with van der Waals surface area (Å²) in [4.78, 5) is 4.69. The number of nitrogens with zero attached hydrogens (tertiary/aromatic N) is 2. The molecule has 5 heteroatoms. The van der Waals surface area contributed by atoms with Crippen LogP contribution in [0.3, 0.4) is 0 Å². The molecule has 2 rings (SSSR count). The van der Waals surface area contributed by atoms with Crippen molar-refractivity contribution >= 4 is 45.2 Å². The Morgan fingerprint density at radius 3 is 2.74 bits per heavy atom. The highest BCUT2D eigenvalue weighted by molar-refractivity contribution is 14.1. The van der Waals surface area contributed by atoms with Gasteiger partial charge >= 0.3 is 0 Å². The predicted octanol–water partition coefficient (Wildman–Crippen LogP) is 4.32. The molecule has 1 unspecified atom stereocenters. The zero-order valence-corrected chi connectivity index (χ0v) is 14.5. The standard InChI is InChI=1S/C14H18ClIN2O/c1-9(15)13-17-11-7-10(16)5-6-12(11)18(13)14(2,3)8-19-4/h5-7,9H,8H2,1-4H3. The minimum Gasteiger partial charge on any atom is -0.382 e. The van der Waals surface area contributed by atoms with Crippen molar-refractivity contribution in [2.24, 2.45) is 0 Å². The van der Waals surface area contributed by atoms with Crippen LogP contribution >= 0.6 is 34.2 Å². The Labute approximate surface area is 132 Å². The normalized spacial score (nSPS) is 14.0. The van der Waals surface area contributed by atoms with Crippen LogP contribution in [0, 0.1) is 3.57 Å². The lowest BCUT2D eigenvalue weighted by Gasteiger charge is -2.29. The maximum Gasteiger partial charge on any atom is 0.128 e. The van der Waals surface area contributed by atoms with E-state index < -0.39 is 0 Å². The van der Waals surface area contributed by atoms with Crippen LogP contribution in [0.1, 0.15) is 32.0 Å². The molecule has 0 aliphatic rings. The fourth-order valence-electron chi connectivity index (χ4n) is 2.39. The number of halogens is 2. The zero-order valence-electron chi connectivity index (χ0n) is 11.6. The maximum absolute atomic E-state index is 6.30. The largest absolute Gasteiger partial charge is 0.382 e. The van der Waals surface area contributed by atoms with Crippen LogP contribution in [0.15, 0.2) is 18.2 Å². The number of imidazole rings is 1. The zero-order chi connectivity index (χ0) is 14.2. The molecule has 0 bridgehead atoms. The van der Waals surface area contributed by atoms with E-state index >= 15 is 0 Å². The van der Waals surface area contributed by atoms with E-state index in [-0.39, 0.29) is 10.9 Å². The topological polar surface area (TPSA) is 27.1 Å². The molecule has 0 N–H and O–H groups in total. The minimum absolute atomic E-state index is 0.138. The first-order valence-corrected chi connectivity index (χ1v) is 7.69. The van der Waals surface area contributed by atoms with Gasteiger partial charge in [-0.15, -0.1) is 11.6 Å². The maximum atomic E-state index is 6.30. The van der Waals surface area contributed by atoms with Crippen molar-refractivity contribution in [3.8, 4) is 0 Å². The van der Waals surface area contributed by atoms with Crippen LogP contribution in [-0.2, 0) is 10.3 Å². The van der Waals surface area contributed by atoms with Crippen molar-refractivity contribution in [3.63, 3.8) is 0 Å². The third-order valence-corrected chi connectivity index (χ3v) is 3.97. The van der Waals surface area contributed by atoms with Gasteiger partial charge in [0.05, 0.1) is 28.6 Å². The van der Waals surface area contributed by atoms with E-state index in [0.29, 0.717) is 6.61 Å². The smallest absolute Gasteiger partial charge is 0.128 e. The van der Waals surface area contributed by atoms with Gasteiger partial charge in [0.1, 0.15) is 5.82 Å². The summed E-state index contributed by atoms with van der Waals surface area (Å²) in [5.41, 5.74) is 1.90. The summed E-state index contributed by atoms with van der Waals surface area (Å²) in [5, 5.41) is -0.138. The highest BCUT2D eigenvalue weighted by Gasteiger charge is 2.27. The Bertz CT molecular complexity index is 592. The van der Waals surface area contributed by atoms with Gasteiger partial charge in [0.2, 0.25) is 0 Å². The lowest BCUT2D eigenvalue weighted by molar-refractivity contribution is 0.110. The number of rotatable bonds is 4. The first kappa shape index (κ1) is 15.1. The molecule has 19 heavy (non-hydrogen) atoms. The molecule has 0 radical (unpaired) electrons. The Morgan fingerprint density at radius 1 is 1.47 bits per heavy atom. The number of fused-ring (bicyclic) bond motifs is 1. The molecule has 2 aromatic rings. The average molecular weight is 393 g/mol. The summed E-state index contributed by atoms with van der Waals surface area (Å²) >= 11 is 8.60. The van der Waals surface area contributed by atoms with Crippen molar-refractivity contribution < 1.29 is 4.74 Å². The van der Waals surface area contributed by atoms with E-state index in [1.807, 2.05) is 6.92 Å². The first-order valence-electron chi connectivity index (χ1n) is 6.18. The Kier molecular flexibility index (Phi) is 4.42. The van der Waals surface area contributed by atoms with Gasteiger partial charge in [-0.1, -0.05) is 0 Å². The number of hydrogen-bond acceptors (Lipinski definition) is 2. The van der Waals surface area contributed by atoms with Crippen LogP contribution < -0.4 is 0 Å². The monoisotopic (exact) mass is 392 g/mol. The van der Waals surface area contributed by atoms with Gasteiger partial charge in [0.15, 0.2) is 0 Å². The van der Waals surface area contributed by atoms with Gasteiger partial charge in [-0.3, -0.25) is 0 Å². The highest BCUT2D eigenvalue weighted by atomic mass is 127. The van der Waals surface area contributed by atoms with E-state index in [4.69, 9.17) is 21.3 Å². The summed E-state index contributed by atoms with van der Waals surface area (Å²) < 4.78 is 8.71. The Morgan fingerprint density at radius 2 is 2.16 bits per heavy atom. The molecule has 0 saturated heterocycles. The van der Waals surface area contributed by atoms with Gasteiger partial charge in [0.25, 0.3) is 0 Å². The second-order valence-electron chi connectivity index (χ2n) is 5.30. The van der Waals surface area contributed by atoms with E-state index in [1.165, 1.54) is 3.57 Å². The third-order valence-electron chi connectivity index (χ3n) is 3.10. The molecule has 0 saturated carbocycles. The number of aromatic nitrogens is 2. The molecule has 0 fully saturated rings. The number of hydrogen-bond donors (Lipinski definition) is 0. The van der Waals surface area contributed by atoms with Gasteiger partial charge in [-0.25, -0.2) is 4.98 Å². The minimum atomic E-state index is -0.186. The van der Waals surface area contributed by atoms with Gasteiger partial charge in [-0.05, 0) is 61.6 Å². The number of benzene rings is 1. The molecular weight excluding hydrogens is 375 g/mol. The van der Waals surface area contributed by atoms with E-state index in [9.17, 15) is 0 Å². The summed E-state index contributed by atoms with van der Waals surface area (Å²) in [6.45, 7) is 6.84. The quantitative estimate of drug-likeness (QED) is 0.572. The second-order valence-corrected chi connectivity index (χ2v) is 7.20. The molecule has 1 atom stereocenters. The SMILES string of the molecule is COCC(C)(C)n1c(C(C)Cl)nc2cc(I)ccc21. The van der Waals surface area contributed by atoms with Crippen LogP contribution in [0.2, 0.25) is 0 Å². The molecule has 0 spiro atoms. The first-order chi connectivity index (χ1) is 8.86. The fourth-order valence-corrected chi connectivity index (χ4v) is 3.01. The molecule has 0 amide bonds. The third kappa shape index (κ3) is 2.90. The highest BCUT2D eigenvalue weighted by Crippen LogP contribution is 2.31. The lowest BCUT2D eigenvalue weighted by atomic mass is 10.1. The summed E-state index contributed by atoms with van der Waals surface area (Å²) in [7, 11) is 1.72. The van der Waals surface area contributed by atoms with Crippen molar-refractivity contribution in [3.05, 3.63) is 27.6 Å². The van der Waals surface area contributed by atoms with Crippen LogP contribution in [0.5, 0.6) is 0 Å². The molecule has 1 heterocycles. The van der Waals surface area contributed by atoms with E-state index in [1.54, 1.807) is 7.11 Å². The predicted molar refractivity (Wildman–Crippen MR) is 87.9 cm³/mol. The number of alkyl halides is 1. The summed E-state index contributed by atoms with van der Waals surface area (Å²) in [6, 6.07) is 6.27. The number of ether oxygens (including phenoxy) is 1. The molecular formula is C14H18ClIN2O. The van der Waals surface area contributed by atoms with Crippen LogP contribution in [-0.4, -0.2) is 23.3 Å². The van der Waals surface area contributed by atoms with Gasteiger partial charge < -0.3 is 9.30 Å². The molecule has 1 aromatic carbocycles. The van der Waals surface area contributed by atoms with Gasteiger partial charge in [0, 0.05) is 10.7 Å². The van der Waals surface area contributed by atoms with Crippen LogP contribution in [0.25, 0.3) is 11.0 Å². The Hall–Kier alpha value is -0.330. The summed E-state index contributed by atoms with van der Waals surface area (Å²) in [6.07, 6.45) is 0. The van der Waals surface area contributed by atoms with Gasteiger partial charge in [-0.2, -0.15) is 0 Å². The van der Waals surface area contributed by atoms with Crippen molar-refractivity contribution in [1.82, 2.24) is 9.55 Å². The second kappa shape index (κ2) is 5.58. The van der Waals surface area contributed by atoms with Crippen molar-refractivity contribution in [2.75, 3.05) is 13.7 Å². The molecule has 0 aliphatic heterocycles.